The van der Waals surface area contributed by atoms with E-state index in [-0.39, 0.29) is 5.56 Å². The molecule has 5 aliphatic heterocycles. The summed E-state index contributed by atoms with van der Waals surface area (Å²) in [6.45, 7) is 6.41. The highest BCUT2D eigenvalue weighted by Crippen LogP contribution is 2.36. The lowest BCUT2D eigenvalue weighted by Crippen LogP contribution is -2.72. The van der Waals surface area contributed by atoms with E-state index in [4.69, 9.17) is 47.4 Å². The third-order valence-corrected chi connectivity index (χ3v) is 15.8. The van der Waals surface area contributed by atoms with Gasteiger partial charge in [-0.3, -0.25) is 24.0 Å². The number of nitrogens with one attached hydrogen (secondary N) is 5. The van der Waals surface area contributed by atoms with Crippen LogP contribution in [0.1, 0.15) is 104 Å². The zero-order chi connectivity index (χ0) is 63.8. The van der Waals surface area contributed by atoms with Crippen LogP contribution in [0.4, 0.5) is 0 Å². The molecule has 0 saturated carbocycles. The van der Waals surface area contributed by atoms with Crippen molar-refractivity contribution in [3.8, 4) is 5.75 Å². The molecule has 5 amide bonds. The topological polar surface area (TPSA) is 440 Å². The molecule has 5 saturated heterocycles. The summed E-state index contributed by atoms with van der Waals surface area (Å²) in [6.07, 6.45) is -20.9. The zero-order valence-corrected chi connectivity index (χ0v) is 50.0. The number of ether oxygens (including phenoxy) is 10. The Morgan fingerprint density at radius 2 is 0.862 bits per heavy atom. The van der Waals surface area contributed by atoms with Gasteiger partial charge in [-0.1, -0.05) is 44.4 Å². The van der Waals surface area contributed by atoms with Gasteiger partial charge in [-0.25, -0.2) is 0 Å². The van der Waals surface area contributed by atoms with Gasteiger partial charge in [0.1, 0.15) is 115 Å². The molecule has 1 aromatic carbocycles. The number of carbonyl (C=O) groups excluding carboxylic acids is 5. The average molecular weight is 1250 g/mol. The average Bonchev–Trinajstić information content (AvgIpc) is 1.62. The predicted molar refractivity (Wildman–Crippen MR) is 299 cm³/mol. The van der Waals surface area contributed by atoms with Crippen molar-refractivity contribution < 1.29 is 122 Å². The van der Waals surface area contributed by atoms with Crippen molar-refractivity contribution in [3.63, 3.8) is 0 Å². The second-order valence-electron chi connectivity index (χ2n) is 22.5. The Hall–Kier alpha value is -4.65. The molecule has 13 unspecified atom stereocenters. The van der Waals surface area contributed by atoms with Crippen molar-refractivity contribution in [2.75, 3.05) is 33.0 Å². The molecule has 0 radical (unpaired) electrons. The molecule has 5 fully saturated rings. The molecule has 0 spiro atoms. The summed E-state index contributed by atoms with van der Waals surface area (Å²) in [6, 6.07) is -1.29. The van der Waals surface area contributed by atoms with Crippen LogP contribution in [0.2, 0.25) is 0 Å². The summed E-state index contributed by atoms with van der Waals surface area (Å²) in [5.74, 6) is -3.15. The van der Waals surface area contributed by atoms with Crippen molar-refractivity contribution in [2.24, 2.45) is 0 Å². The van der Waals surface area contributed by atoms with Crippen LogP contribution in [0.25, 0.3) is 0 Å². The Bertz CT molecular complexity index is 2380. The predicted octanol–water partition coefficient (Wildman–Crippen LogP) is -4.13. The normalized spacial score (nSPS) is 38.1. The van der Waals surface area contributed by atoms with Gasteiger partial charge in [-0.2, -0.15) is 0 Å². The third-order valence-electron chi connectivity index (χ3n) is 15.8. The van der Waals surface area contributed by atoms with Gasteiger partial charge in [0.25, 0.3) is 5.91 Å². The Balaban J connectivity index is 1.17. The maximum absolute atomic E-state index is 13.9. The fourth-order valence-corrected chi connectivity index (χ4v) is 11.3. The van der Waals surface area contributed by atoms with E-state index in [2.05, 4.69) is 45.7 Å². The van der Waals surface area contributed by atoms with Gasteiger partial charge in [0.15, 0.2) is 25.2 Å². The molecular weight excluding hydrogens is 1150 g/mol. The van der Waals surface area contributed by atoms with E-state index in [0.29, 0.717) is 12.4 Å². The van der Waals surface area contributed by atoms with E-state index in [9.17, 15) is 75.0 Å². The van der Waals surface area contributed by atoms with Gasteiger partial charge in [-0.05, 0) is 57.7 Å². The molecule has 1 aromatic rings. The van der Waals surface area contributed by atoms with Crippen LogP contribution in [0.15, 0.2) is 36.4 Å². The van der Waals surface area contributed by atoms with Crippen molar-refractivity contribution in [3.05, 3.63) is 42.0 Å². The lowest BCUT2D eigenvalue weighted by molar-refractivity contribution is -0.365. The van der Waals surface area contributed by atoms with Gasteiger partial charge in [0.2, 0.25) is 23.6 Å². The minimum Gasteiger partial charge on any atom is -0.494 e. The minimum atomic E-state index is -1.98. The van der Waals surface area contributed by atoms with Gasteiger partial charge in [-0.15, -0.1) is 0 Å². The van der Waals surface area contributed by atoms with Crippen LogP contribution in [0.3, 0.4) is 0 Å². The number of unbranched alkanes of at least 4 members (excludes halogenated alkanes) is 5. The van der Waals surface area contributed by atoms with Crippen LogP contribution >= 0.6 is 0 Å². The summed E-state index contributed by atoms with van der Waals surface area (Å²) in [5, 5.41) is 125. The fraction of sp³-hybridized carbons (Fsp3) is 0.772. The first kappa shape index (κ1) is 71.4. The van der Waals surface area contributed by atoms with Gasteiger partial charge in [0.05, 0.1) is 51.3 Å². The lowest BCUT2D eigenvalue weighted by atomic mass is 9.92. The molecule has 30 nitrogen and oxygen atoms in total. The van der Waals surface area contributed by atoms with Crippen molar-refractivity contribution in [1.82, 2.24) is 26.6 Å². The van der Waals surface area contributed by atoms with Crippen molar-refractivity contribution in [2.45, 2.75) is 246 Å². The van der Waals surface area contributed by atoms with E-state index in [1.807, 2.05) is 0 Å². The number of hydrogen-bond acceptors (Lipinski definition) is 25. The van der Waals surface area contributed by atoms with Crippen LogP contribution in [0.5, 0.6) is 5.75 Å². The second kappa shape index (κ2) is 34.0. The van der Waals surface area contributed by atoms with Crippen molar-refractivity contribution >= 4 is 29.5 Å². The largest absolute Gasteiger partial charge is 0.494 e. The quantitative estimate of drug-likeness (QED) is 0.0280. The third kappa shape index (κ3) is 18.7. The number of hydrogen-bond donors (Lipinski definition) is 15. The molecule has 87 heavy (non-hydrogen) atoms. The molecule has 5 aliphatic rings. The van der Waals surface area contributed by atoms with Crippen LogP contribution < -0.4 is 31.3 Å². The Morgan fingerprint density at radius 1 is 0.471 bits per heavy atom. The number of aliphatic hydroxyl groups is 10. The number of rotatable bonds is 28. The van der Waals surface area contributed by atoms with Crippen molar-refractivity contribution in [1.29, 1.82) is 0 Å². The number of amides is 5. The summed E-state index contributed by atoms with van der Waals surface area (Å²) in [7, 11) is 0. The van der Waals surface area contributed by atoms with Gasteiger partial charge in [0, 0.05) is 33.3 Å². The Labute approximate surface area is 504 Å². The standard InChI is InChI=1S/C57H91N5O25/c1-8-9-10-11-12-13-14-15-16-20-78-33-19-17-18-32(21-33)53(77)62-39-44(72)43(71)27(3)80-54(39)84-50-35(23-64)81-56(40(46(50)74)59-29(5)68)86-52-37(25-66)83-57(42(48(52)76)61-31(7)70)87-51-36(24-65)82-55(41(47(51)75)60-30(6)69)85-49-34(22-63)79-26(2)38(45(49)73)58-28(4)67/h13-14,17-19,21,26-27,34-52,54-57,63-66,71-76H,8-12,15-16,20,22-25H2,1-7H3,(H,58,67)(H,59,68)(H,60,69)(H,61,70)(H,62,77)/b14-13-/t26?,27?,34?,35-,36-,37?,38+,39-,40?,41?,42-,43+,44+,45+,46?,47?,48+,49?,50+,51+,52?,54?,55?,56?,57-/m0/s1. The highest BCUT2D eigenvalue weighted by Gasteiger charge is 2.57. The molecule has 5 heterocycles. The molecule has 494 valence electrons. The van der Waals surface area contributed by atoms with Gasteiger partial charge >= 0.3 is 0 Å². The minimum absolute atomic E-state index is 0.109. The van der Waals surface area contributed by atoms with Crippen LogP contribution in [-0.2, 0) is 61.8 Å². The zero-order valence-electron chi connectivity index (χ0n) is 50.0. The molecule has 0 aliphatic carbocycles. The first-order valence-corrected chi connectivity index (χ1v) is 29.6. The van der Waals surface area contributed by atoms with Crippen LogP contribution in [0, 0.1) is 0 Å². The number of aliphatic hydroxyl groups excluding tert-OH is 10. The SMILES string of the molecule is CCCCCC/C=C\CCCOc1cccc(C(=O)N[C@@H]2C(O[C@H]3C(O)C(NC(C)=O)C(OC4C(CO)O[C@@H](O[C@H]5C(O)C(NC(C)=O)C(OC6C(CO)OC(C)[C@@H](NC(C)=O)[C@H]6O)O[C@H]5CO)[C@@H](NC(C)=O)[C@H]4O)O[C@H]3CO)OC(C)[C@@H](O)[C@@H]2O)c1. The van der Waals surface area contributed by atoms with Gasteiger partial charge < -0.3 is 125 Å². The Kier molecular flexibility index (Phi) is 27.9. The molecule has 6 rings (SSSR count). The number of benzene rings is 1. The number of carbonyl (C=O) groups is 5. The number of allylic oxidation sites excluding steroid dienone is 2. The molecule has 30 heteroatoms. The highest BCUT2D eigenvalue weighted by atomic mass is 16.8. The smallest absolute Gasteiger partial charge is 0.251 e. The Morgan fingerprint density at radius 3 is 1.29 bits per heavy atom. The molecule has 25 atom stereocenters. The van der Waals surface area contributed by atoms with E-state index in [1.165, 1.54) is 45.2 Å². The molecule has 0 aromatic heterocycles. The first-order chi connectivity index (χ1) is 41.5. The van der Waals surface area contributed by atoms with E-state index in [1.54, 1.807) is 19.1 Å². The summed E-state index contributed by atoms with van der Waals surface area (Å²) < 4.78 is 60.8. The molecule has 0 bridgehead atoms. The fourth-order valence-electron chi connectivity index (χ4n) is 11.3. The second-order valence-corrected chi connectivity index (χ2v) is 22.5. The lowest BCUT2D eigenvalue weighted by Gasteiger charge is -2.51. The molecule has 15 N–H and O–H groups in total. The van der Waals surface area contributed by atoms with E-state index in [0.717, 1.165) is 46.5 Å². The highest BCUT2D eigenvalue weighted by molar-refractivity contribution is 5.94. The summed E-state index contributed by atoms with van der Waals surface area (Å²) in [5.41, 5.74) is 0.109. The monoisotopic (exact) mass is 1250 g/mol. The van der Waals surface area contributed by atoms with Crippen LogP contribution in [-0.4, -0.2) is 267 Å². The van der Waals surface area contributed by atoms with E-state index < -0.39 is 209 Å². The molecular formula is C57H91N5O25. The summed E-state index contributed by atoms with van der Waals surface area (Å²) >= 11 is 0. The van der Waals surface area contributed by atoms with E-state index >= 15 is 0 Å². The summed E-state index contributed by atoms with van der Waals surface area (Å²) in [4.78, 5) is 64.2. The first-order valence-electron chi connectivity index (χ1n) is 29.6. The maximum Gasteiger partial charge on any atom is 0.251 e. The maximum atomic E-state index is 13.9.